The Labute approximate surface area is 99.3 Å². The van der Waals surface area contributed by atoms with Crippen molar-refractivity contribution in [2.75, 3.05) is 19.8 Å². The van der Waals surface area contributed by atoms with Crippen molar-refractivity contribution in [2.45, 2.75) is 26.2 Å². The molecule has 0 saturated carbocycles. The lowest BCUT2D eigenvalue weighted by Gasteiger charge is -2.49. The summed E-state index contributed by atoms with van der Waals surface area (Å²) in [4.78, 5) is 2.37. The third kappa shape index (κ3) is 1.52. The number of hydrogen-bond acceptors (Lipinski definition) is 4. The second kappa shape index (κ2) is 3.53. The molecule has 3 nitrogen and oxygen atoms in total. The van der Waals surface area contributed by atoms with Crippen LogP contribution in [-0.2, 0) is 26.6 Å². The van der Waals surface area contributed by atoms with Crippen LogP contribution in [0, 0.1) is 5.41 Å². The monoisotopic (exact) mass is 240 g/mol. The first-order valence-corrected chi connectivity index (χ1v) is 6.49. The van der Waals surface area contributed by atoms with Gasteiger partial charge in [-0.15, -0.1) is 11.3 Å². The van der Waals surface area contributed by atoms with Crippen molar-refractivity contribution in [3.05, 3.63) is 21.9 Å². The van der Waals surface area contributed by atoms with Gasteiger partial charge >= 0.3 is 5.97 Å². The van der Waals surface area contributed by atoms with Gasteiger partial charge in [0.05, 0.1) is 24.7 Å². The molecule has 0 aliphatic carbocycles. The zero-order valence-corrected chi connectivity index (χ0v) is 10.4. The van der Waals surface area contributed by atoms with E-state index < -0.39 is 5.97 Å². The molecule has 4 heterocycles. The van der Waals surface area contributed by atoms with Crippen LogP contribution in [0.3, 0.4) is 0 Å². The van der Waals surface area contributed by atoms with E-state index >= 15 is 0 Å². The molecular weight excluding hydrogens is 224 g/mol. The minimum atomic E-state index is -0.907. The van der Waals surface area contributed by atoms with Crippen LogP contribution in [0.2, 0.25) is 0 Å². The molecule has 3 saturated heterocycles. The van der Waals surface area contributed by atoms with E-state index in [-0.39, 0.29) is 5.41 Å². The van der Waals surface area contributed by atoms with Crippen LogP contribution in [0.25, 0.3) is 0 Å². The van der Waals surface area contributed by atoms with Crippen LogP contribution < -0.4 is 0 Å². The number of thiophene rings is 1. The van der Waals surface area contributed by atoms with Gasteiger partial charge in [0.15, 0.2) is 0 Å². The summed E-state index contributed by atoms with van der Waals surface area (Å²) in [5.41, 5.74) is 0.0343. The molecule has 4 heteroatoms. The van der Waals surface area contributed by atoms with Crippen LogP contribution in [0.15, 0.2) is 12.1 Å². The van der Waals surface area contributed by atoms with Gasteiger partial charge in [-0.2, -0.15) is 0 Å². The smallest absolute Gasteiger partial charge is 0.321 e. The predicted molar refractivity (Wildman–Crippen MR) is 61.3 cm³/mol. The van der Waals surface area contributed by atoms with E-state index in [1.165, 1.54) is 4.88 Å². The Morgan fingerprint density at radius 1 is 1.19 bits per heavy atom. The van der Waals surface area contributed by atoms with Gasteiger partial charge in [-0.25, -0.2) is 0 Å². The molecule has 88 valence electrons. The fourth-order valence-electron chi connectivity index (χ4n) is 2.00. The fourth-order valence-corrected chi connectivity index (χ4v) is 3.00. The normalized spacial score (nSPS) is 37.9. The Morgan fingerprint density at radius 2 is 1.81 bits per heavy atom. The summed E-state index contributed by atoms with van der Waals surface area (Å²) in [6.45, 7) is 6.42. The van der Waals surface area contributed by atoms with Crippen LogP contribution in [0.4, 0.5) is 0 Å². The molecule has 16 heavy (non-hydrogen) atoms. The van der Waals surface area contributed by atoms with Crippen molar-refractivity contribution in [3.63, 3.8) is 0 Å². The van der Waals surface area contributed by atoms with Crippen LogP contribution in [0.1, 0.15) is 23.6 Å². The molecule has 0 aromatic carbocycles. The molecule has 0 atom stereocenters. The second-order valence-electron chi connectivity index (χ2n) is 4.85. The van der Waals surface area contributed by atoms with Crippen molar-refractivity contribution in [2.24, 2.45) is 5.41 Å². The molecule has 0 N–H and O–H groups in total. The third-order valence-corrected chi connectivity index (χ3v) is 4.44. The molecule has 0 spiro atoms. The molecule has 3 fully saturated rings. The maximum absolute atomic E-state index is 5.78. The van der Waals surface area contributed by atoms with Gasteiger partial charge in [0.25, 0.3) is 0 Å². The van der Waals surface area contributed by atoms with E-state index in [1.54, 1.807) is 11.3 Å². The first-order chi connectivity index (χ1) is 7.66. The van der Waals surface area contributed by atoms with E-state index in [4.69, 9.17) is 14.2 Å². The molecular formula is C12H16O3S. The molecule has 0 radical (unpaired) electrons. The molecule has 1 aromatic rings. The Bertz CT molecular complexity index is 374. The SMILES string of the molecule is CCc1ccc(C23OCC(C)(CO2)CO3)s1. The quantitative estimate of drug-likeness (QED) is 0.795. The van der Waals surface area contributed by atoms with E-state index in [2.05, 4.69) is 26.0 Å². The zero-order chi connectivity index (χ0) is 11.2. The zero-order valence-electron chi connectivity index (χ0n) is 9.62. The van der Waals surface area contributed by atoms with Gasteiger partial charge in [-0.05, 0) is 18.6 Å². The van der Waals surface area contributed by atoms with Crippen molar-refractivity contribution in [3.8, 4) is 0 Å². The van der Waals surface area contributed by atoms with Gasteiger partial charge in [0.2, 0.25) is 0 Å². The lowest BCUT2D eigenvalue weighted by molar-refractivity contribution is -0.476. The molecule has 1 aromatic heterocycles. The lowest BCUT2D eigenvalue weighted by Crippen LogP contribution is -2.56. The second-order valence-corrected chi connectivity index (χ2v) is 6.02. The van der Waals surface area contributed by atoms with Gasteiger partial charge in [0.1, 0.15) is 0 Å². The molecule has 3 aliphatic heterocycles. The molecule has 0 unspecified atom stereocenters. The third-order valence-electron chi connectivity index (χ3n) is 3.14. The number of hydrogen-bond donors (Lipinski definition) is 0. The fraction of sp³-hybridized carbons (Fsp3) is 0.667. The highest BCUT2D eigenvalue weighted by Gasteiger charge is 2.52. The topological polar surface area (TPSA) is 27.7 Å². The Morgan fingerprint density at radius 3 is 2.31 bits per heavy atom. The Balaban J connectivity index is 1.89. The number of fused-ring (bicyclic) bond motifs is 3. The number of aryl methyl sites for hydroxylation is 1. The first-order valence-electron chi connectivity index (χ1n) is 5.67. The van der Waals surface area contributed by atoms with E-state index in [9.17, 15) is 0 Å². The van der Waals surface area contributed by atoms with Gasteiger partial charge in [0, 0.05) is 10.3 Å². The average Bonchev–Trinajstić information content (AvgIpc) is 2.80. The highest BCUT2D eigenvalue weighted by molar-refractivity contribution is 7.12. The maximum Gasteiger partial charge on any atom is 0.321 e. The van der Waals surface area contributed by atoms with E-state index in [0.717, 1.165) is 11.3 Å². The molecule has 4 rings (SSSR count). The summed E-state index contributed by atoms with van der Waals surface area (Å²) in [5.74, 6) is -0.907. The van der Waals surface area contributed by atoms with Gasteiger partial charge < -0.3 is 14.2 Å². The summed E-state index contributed by atoms with van der Waals surface area (Å²) < 4.78 is 17.3. The number of ether oxygens (including phenoxy) is 3. The predicted octanol–water partition coefficient (Wildman–Crippen LogP) is 2.50. The minimum absolute atomic E-state index is 0.0343. The first kappa shape index (κ1) is 10.7. The van der Waals surface area contributed by atoms with Crippen molar-refractivity contribution >= 4 is 11.3 Å². The summed E-state index contributed by atoms with van der Waals surface area (Å²) in [5, 5.41) is 0. The van der Waals surface area contributed by atoms with E-state index in [1.807, 2.05) is 0 Å². The standard InChI is InChI=1S/C12H16O3S/c1-3-9-4-5-10(16-9)12-13-6-11(2,7-14-12)8-15-12/h4-5H,3,6-8H2,1-2H3. The highest BCUT2D eigenvalue weighted by Crippen LogP contribution is 2.45. The Kier molecular flexibility index (Phi) is 2.37. The average molecular weight is 240 g/mol. The minimum Gasteiger partial charge on any atom is -0.322 e. The molecule has 3 aliphatic rings. The summed E-state index contributed by atoms with van der Waals surface area (Å²) in [6.07, 6.45) is 1.04. The van der Waals surface area contributed by atoms with Crippen molar-refractivity contribution in [1.82, 2.24) is 0 Å². The van der Waals surface area contributed by atoms with Gasteiger partial charge in [-0.3, -0.25) is 0 Å². The Hall–Kier alpha value is -0.420. The van der Waals surface area contributed by atoms with Crippen molar-refractivity contribution < 1.29 is 14.2 Å². The molecule has 0 amide bonds. The summed E-state index contributed by atoms with van der Waals surface area (Å²) in [7, 11) is 0. The van der Waals surface area contributed by atoms with Crippen LogP contribution in [-0.4, -0.2) is 19.8 Å². The maximum atomic E-state index is 5.78. The highest BCUT2D eigenvalue weighted by atomic mass is 32.1. The van der Waals surface area contributed by atoms with Crippen molar-refractivity contribution in [1.29, 1.82) is 0 Å². The lowest BCUT2D eigenvalue weighted by atomic mass is 9.92. The van der Waals surface area contributed by atoms with E-state index in [0.29, 0.717) is 19.8 Å². The largest absolute Gasteiger partial charge is 0.322 e. The summed E-state index contributed by atoms with van der Waals surface area (Å²) >= 11 is 1.71. The van der Waals surface area contributed by atoms with Crippen LogP contribution >= 0.6 is 11.3 Å². The number of rotatable bonds is 2. The van der Waals surface area contributed by atoms with Crippen LogP contribution in [0.5, 0.6) is 0 Å². The summed E-state index contributed by atoms with van der Waals surface area (Å²) in [6, 6.07) is 4.17. The molecule has 2 bridgehead atoms. The van der Waals surface area contributed by atoms with Gasteiger partial charge in [-0.1, -0.05) is 13.8 Å².